The van der Waals surface area contributed by atoms with Crippen LogP contribution in [-0.2, 0) is 12.4 Å². The van der Waals surface area contributed by atoms with E-state index in [0.29, 0.717) is 30.9 Å². The van der Waals surface area contributed by atoms with Gasteiger partial charge in [0.15, 0.2) is 0 Å². The second-order valence-electron chi connectivity index (χ2n) is 10.6. The molecule has 2 aliphatic rings. The number of ether oxygens (including phenoxy) is 2. The van der Waals surface area contributed by atoms with Crippen LogP contribution in [0.15, 0.2) is 12.1 Å². The fourth-order valence-corrected chi connectivity index (χ4v) is 6.17. The molecule has 3 rings (SSSR count). The van der Waals surface area contributed by atoms with Crippen LogP contribution in [0.5, 0.6) is 11.5 Å². The highest BCUT2D eigenvalue weighted by Crippen LogP contribution is 2.51. The van der Waals surface area contributed by atoms with Crippen molar-refractivity contribution in [2.45, 2.75) is 102 Å². The summed E-state index contributed by atoms with van der Waals surface area (Å²) in [5, 5.41) is 0. The number of rotatable bonds is 9. The highest BCUT2D eigenvalue weighted by atomic mass is 19.4. The molecule has 0 amide bonds. The highest BCUT2D eigenvalue weighted by molar-refractivity contribution is 5.52. The number of hydrogen-bond acceptors (Lipinski definition) is 2. The molecule has 2 aliphatic carbocycles. The van der Waals surface area contributed by atoms with E-state index in [4.69, 9.17) is 0 Å². The highest BCUT2D eigenvalue weighted by Gasteiger charge is 2.51. The van der Waals surface area contributed by atoms with Crippen LogP contribution >= 0.6 is 0 Å². The van der Waals surface area contributed by atoms with Crippen molar-refractivity contribution in [2.75, 3.05) is 7.11 Å². The van der Waals surface area contributed by atoms with E-state index in [1.807, 2.05) is 0 Å². The molecule has 0 aromatic heterocycles. The third kappa shape index (κ3) is 7.43. The Bertz CT molecular complexity index is 864. The molecule has 2 fully saturated rings. The van der Waals surface area contributed by atoms with Crippen molar-refractivity contribution in [2.24, 2.45) is 23.7 Å². The van der Waals surface area contributed by atoms with Crippen LogP contribution in [0, 0.1) is 23.7 Å². The lowest BCUT2D eigenvalue weighted by molar-refractivity contribution is -0.228. The Balaban J connectivity index is 1.66. The van der Waals surface area contributed by atoms with E-state index >= 15 is 8.78 Å². The van der Waals surface area contributed by atoms with Gasteiger partial charge in [0.25, 0.3) is 0 Å². The van der Waals surface area contributed by atoms with E-state index in [1.54, 1.807) is 0 Å². The summed E-state index contributed by atoms with van der Waals surface area (Å²) in [5.74, 6) is -2.56. The van der Waals surface area contributed by atoms with Crippen LogP contribution < -0.4 is 9.47 Å². The Morgan fingerprint density at radius 2 is 1.19 bits per heavy atom. The summed E-state index contributed by atoms with van der Waals surface area (Å²) in [4.78, 5) is 0. The Morgan fingerprint density at radius 1 is 0.703 bits per heavy atom. The summed E-state index contributed by atoms with van der Waals surface area (Å²) in [6.07, 6.45) is -4.66. The summed E-state index contributed by atoms with van der Waals surface area (Å²) in [5.41, 5.74) is -4.48. The molecule has 0 atom stereocenters. The third-order valence-electron chi connectivity index (χ3n) is 8.18. The molecule has 37 heavy (non-hydrogen) atoms. The molecule has 0 N–H and O–H groups in total. The summed E-state index contributed by atoms with van der Waals surface area (Å²) in [6, 6.07) is 1.04. The SMILES string of the molecule is CCCCCC1CCC(C2CCC(C(F)(F)Oc3ccc(OC)c(C(F)(F)F)c3C(F)(F)F)CC2)CC1. The van der Waals surface area contributed by atoms with E-state index < -0.39 is 47.0 Å². The maximum absolute atomic E-state index is 15.0. The van der Waals surface area contributed by atoms with Crippen LogP contribution in [0.25, 0.3) is 0 Å². The molecule has 0 bridgehead atoms. The first-order valence-corrected chi connectivity index (χ1v) is 13.2. The monoisotopic (exact) mass is 544 g/mol. The van der Waals surface area contributed by atoms with E-state index in [2.05, 4.69) is 16.4 Å². The number of methoxy groups -OCH3 is 1. The molecular formula is C27H36F8O2. The lowest BCUT2D eigenvalue weighted by Gasteiger charge is -2.39. The Hall–Kier alpha value is -1.74. The largest absolute Gasteiger partial charge is 0.496 e. The summed E-state index contributed by atoms with van der Waals surface area (Å²) < 4.78 is 120. The van der Waals surface area contributed by atoms with E-state index in [0.717, 1.165) is 38.7 Å². The molecule has 1 aromatic rings. The number of halogens is 8. The van der Waals surface area contributed by atoms with Gasteiger partial charge in [0.05, 0.1) is 13.0 Å². The van der Waals surface area contributed by atoms with E-state index in [-0.39, 0.29) is 18.8 Å². The van der Waals surface area contributed by atoms with E-state index in [1.165, 1.54) is 25.7 Å². The van der Waals surface area contributed by atoms with Gasteiger partial charge in [-0.2, -0.15) is 35.1 Å². The minimum atomic E-state index is -5.59. The predicted molar refractivity (Wildman–Crippen MR) is 124 cm³/mol. The molecule has 0 radical (unpaired) electrons. The van der Waals surface area contributed by atoms with Crippen LogP contribution in [0.2, 0.25) is 0 Å². The number of unbranched alkanes of at least 4 members (excludes halogenated alkanes) is 2. The molecule has 0 heterocycles. The van der Waals surface area contributed by atoms with Crippen molar-refractivity contribution in [3.63, 3.8) is 0 Å². The van der Waals surface area contributed by atoms with E-state index in [9.17, 15) is 26.3 Å². The van der Waals surface area contributed by atoms with Crippen molar-refractivity contribution < 1.29 is 44.6 Å². The van der Waals surface area contributed by atoms with Gasteiger partial charge in [-0.1, -0.05) is 45.4 Å². The molecule has 0 unspecified atom stereocenters. The van der Waals surface area contributed by atoms with Crippen LogP contribution in [0.1, 0.15) is 95.1 Å². The fraction of sp³-hybridized carbons (Fsp3) is 0.778. The zero-order valence-corrected chi connectivity index (χ0v) is 21.3. The summed E-state index contributed by atoms with van der Waals surface area (Å²) >= 11 is 0. The zero-order valence-electron chi connectivity index (χ0n) is 21.3. The van der Waals surface area contributed by atoms with Crippen molar-refractivity contribution >= 4 is 0 Å². The number of hydrogen-bond donors (Lipinski definition) is 0. The lowest BCUT2D eigenvalue weighted by atomic mass is 9.68. The van der Waals surface area contributed by atoms with Crippen LogP contribution in [0.3, 0.4) is 0 Å². The second-order valence-corrected chi connectivity index (χ2v) is 10.6. The number of benzene rings is 1. The first-order valence-electron chi connectivity index (χ1n) is 13.2. The quantitative estimate of drug-likeness (QED) is 0.228. The predicted octanol–water partition coefficient (Wildman–Crippen LogP) is 9.90. The first kappa shape index (κ1) is 29.8. The van der Waals surface area contributed by atoms with Crippen molar-refractivity contribution in [1.29, 1.82) is 0 Å². The maximum Gasteiger partial charge on any atom is 0.420 e. The molecule has 0 aliphatic heterocycles. The van der Waals surface area contributed by atoms with Gasteiger partial charge in [0, 0.05) is 0 Å². The molecule has 2 saturated carbocycles. The van der Waals surface area contributed by atoms with Gasteiger partial charge in [-0.25, -0.2) is 0 Å². The second kappa shape index (κ2) is 12.0. The van der Waals surface area contributed by atoms with Crippen LogP contribution in [0.4, 0.5) is 35.1 Å². The summed E-state index contributed by atoms with van der Waals surface area (Å²) in [7, 11) is 0.775. The average molecular weight is 545 g/mol. The van der Waals surface area contributed by atoms with Crippen molar-refractivity contribution in [3.05, 3.63) is 23.3 Å². The molecule has 212 valence electrons. The van der Waals surface area contributed by atoms with Gasteiger partial charge in [-0.05, 0) is 68.4 Å². The van der Waals surface area contributed by atoms with Gasteiger partial charge in [0.1, 0.15) is 22.6 Å². The molecule has 2 nitrogen and oxygen atoms in total. The maximum atomic E-state index is 15.0. The zero-order chi connectivity index (χ0) is 27.4. The van der Waals surface area contributed by atoms with Gasteiger partial charge < -0.3 is 9.47 Å². The fourth-order valence-electron chi connectivity index (χ4n) is 6.17. The summed E-state index contributed by atoms with van der Waals surface area (Å²) in [6.45, 7) is 2.17. The topological polar surface area (TPSA) is 18.5 Å². The molecule has 10 heteroatoms. The normalized spacial score (nSPS) is 25.7. The van der Waals surface area contributed by atoms with Crippen molar-refractivity contribution in [3.8, 4) is 11.5 Å². The van der Waals surface area contributed by atoms with Gasteiger partial charge >= 0.3 is 18.5 Å². The number of alkyl halides is 8. The van der Waals surface area contributed by atoms with Crippen molar-refractivity contribution in [1.82, 2.24) is 0 Å². The molecular weight excluding hydrogens is 508 g/mol. The Labute approximate surface area is 213 Å². The first-order chi connectivity index (χ1) is 17.3. The average Bonchev–Trinajstić information content (AvgIpc) is 2.83. The minimum absolute atomic E-state index is 0.0533. The van der Waals surface area contributed by atoms with Gasteiger partial charge in [-0.15, -0.1) is 0 Å². The van der Waals surface area contributed by atoms with Gasteiger partial charge in [0.2, 0.25) is 0 Å². The minimum Gasteiger partial charge on any atom is -0.496 e. The Kier molecular flexibility index (Phi) is 9.65. The lowest BCUT2D eigenvalue weighted by Crippen LogP contribution is -2.39. The van der Waals surface area contributed by atoms with Gasteiger partial charge in [-0.3, -0.25) is 0 Å². The Morgan fingerprint density at radius 3 is 1.68 bits per heavy atom. The third-order valence-corrected chi connectivity index (χ3v) is 8.18. The molecule has 0 spiro atoms. The smallest absolute Gasteiger partial charge is 0.420 e. The molecule has 1 aromatic carbocycles. The molecule has 0 saturated heterocycles. The standard InChI is InChI=1S/C27H36F8O2/c1-3-4-5-6-17-7-9-18(10-8-17)19-11-13-20(14-12-19)27(34,35)37-22-16-15-21(36-2)23(25(28,29)30)24(22)26(31,32)33/h15-20H,3-14H2,1-2H3. The van der Waals surface area contributed by atoms with Crippen LogP contribution in [-0.4, -0.2) is 13.2 Å².